The van der Waals surface area contributed by atoms with Crippen LogP contribution < -0.4 is 14.8 Å². The second kappa shape index (κ2) is 7.92. The lowest BCUT2D eigenvalue weighted by atomic mass is 10.0. The summed E-state index contributed by atoms with van der Waals surface area (Å²) in [5.41, 5.74) is 5.03. The van der Waals surface area contributed by atoms with E-state index in [0.717, 1.165) is 48.6 Å². The van der Waals surface area contributed by atoms with Crippen LogP contribution >= 0.6 is 22.6 Å². The molecular formula is C22H20IN3O3S. The molecule has 0 unspecified atom stereocenters. The van der Waals surface area contributed by atoms with Crippen LogP contribution in [0, 0.1) is 10.5 Å². The molecule has 2 N–H and O–H groups in total. The molecule has 0 aliphatic rings. The van der Waals surface area contributed by atoms with Gasteiger partial charge < -0.3 is 10.1 Å². The van der Waals surface area contributed by atoms with E-state index in [9.17, 15) is 8.42 Å². The van der Waals surface area contributed by atoms with Crippen molar-refractivity contribution in [3.63, 3.8) is 0 Å². The Kier molecular flexibility index (Phi) is 5.46. The van der Waals surface area contributed by atoms with Gasteiger partial charge >= 0.3 is 0 Å². The standard InChI is InChI=1S/C22H20IN3O3S/c1-13-5-4-6-17-21(13)25-19-11-14(23)7-9-16(19)22(17)24-18-10-8-15(12-20(18)29-2)26-30(3,27)28/h4-12,26H,1-3H3,(H,24,25). The molecule has 0 atom stereocenters. The van der Waals surface area contributed by atoms with Gasteiger partial charge in [-0.1, -0.05) is 18.2 Å². The molecule has 0 bridgehead atoms. The minimum Gasteiger partial charge on any atom is -0.494 e. The Hall–Kier alpha value is -2.59. The lowest BCUT2D eigenvalue weighted by Crippen LogP contribution is -2.09. The Morgan fingerprint density at radius 3 is 2.57 bits per heavy atom. The average molecular weight is 533 g/mol. The zero-order valence-corrected chi connectivity index (χ0v) is 19.6. The van der Waals surface area contributed by atoms with Gasteiger partial charge in [0, 0.05) is 20.4 Å². The number of hydrogen-bond donors (Lipinski definition) is 2. The number of hydrogen-bond acceptors (Lipinski definition) is 5. The number of halogens is 1. The van der Waals surface area contributed by atoms with Crippen molar-refractivity contribution in [3.8, 4) is 5.75 Å². The summed E-state index contributed by atoms with van der Waals surface area (Å²) in [6, 6.07) is 17.4. The molecule has 0 amide bonds. The third-order valence-electron chi connectivity index (χ3n) is 4.73. The molecule has 0 saturated heterocycles. The summed E-state index contributed by atoms with van der Waals surface area (Å²) in [6.45, 7) is 2.05. The van der Waals surface area contributed by atoms with Gasteiger partial charge in [0.2, 0.25) is 10.0 Å². The molecule has 0 aliphatic carbocycles. The van der Waals surface area contributed by atoms with Crippen LogP contribution in [0.2, 0.25) is 0 Å². The van der Waals surface area contributed by atoms with Crippen LogP contribution in [0.1, 0.15) is 5.56 Å². The first-order valence-electron chi connectivity index (χ1n) is 9.16. The molecule has 4 aromatic rings. The molecule has 1 heterocycles. The number of ether oxygens (including phenoxy) is 1. The molecule has 154 valence electrons. The summed E-state index contributed by atoms with van der Waals surface area (Å²) in [5.74, 6) is 0.528. The number of pyridine rings is 1. The van der Waals surface area contributed by atoms with Crippen molar-refractivity contribution in [2.45, 2.75) is 6.92 Å². The molecule has 0 saturated carbocycles. The first-order valence-corrected chi connectivity index (χ1v) is 12.1. The summed E-state index contributed by atoms with van der Waals surface area (Å²) in [7, 11) is -1.82. The van der Waals surface area contributed by atoms with Gasteiger partial charge in [-0.3, -0.25) is 4.72 Å². The maximum Gasteiger partial charge on any atom is 0.229 e. The third kappa shape index (κ3) is 4.15. The maximum absolute atomic E-state index is 11.6. The van der Waals surface area contributed by atoms with Crippen LogP contribution in [0.25, 0.3) is 21.8 Å². The van der Waals surface area contributed by atoms with Crippen LogP contribution in [-0.2, 0) is 10.0 Å². The van der Waals surface area contributed by atoms with Crippen molar-refractivity contribution < 1.29 is 13.2 Å². The number of aromatic nitrogens is 1. The highest BCUT2D eigenvalue weighted by molar-refractivity contribution is 14.1. The number of para-hydroxylation sites is 1. The van der Waals surface area contributed by atoms with E-state index in [-0.39, 0.29) is 0 Å². The van der Waals surface area contributed by atoms with Gasteiger partial charge in [0.1, 0.15) is 5.75 Å². The Morgan fingerprint density at radius 1 is 1.03 bits per heavy atom. The monoisotopic (exact) mass is 533 g/mol. The largest absolute Gasteiger partial charge is 0.494 e. The average Bonchev–Trinajstić information content (AvgIpc) is 2.68. The van der Waals surface area contributed by atoms with Crippen LogP contribution in [-0.4, -0.2) is 26.8 Å². The molecule has 0 fully saturated rings. The van der Waals surface area contributed by atoms with E-state index >= 15 is 0 Å². The highest BCUT2D eigenvalue weighted by Crippen LogP contribution is 2.38. The highest BCUT2D eigenvalue weighted by atomic mass is 127. The van der Waals surface area contributed by atoms with Crippen molar-refractivity contribution in [2.24, 2.45) is 0 Å². The SMILES string of the molecule is COc1cc(NS(C)(=O)=O)ccc1Nc1c2ccc(I)cc2nc2c(C)cccc12. The first kappa shape index (κ1) is 20.7. The van der Waals surface area contributed by atoms with Crippen LogP contribution in [0.15, 0.2) is 54.6 Å². The van der Waals surface area contributed by atoms with E-state index in [1.54, 1.807) is 25.3 Å². The highest BCUT2D eigenvalue weighted by Gasteiger charge is 2.14. The molecule has 8 heteroatoms. The number of fused-ring (bicyclic) bond motifs is 2. The Balaban J connectivity index is 1.90. The zero-order valence-electron chi connectivity index (χ0n) is 16.7. The Morgan fingerprint density at radius 2 is 1.83 bits per heavy atom. The fourth-order valence-corrected chi connectivity index (χ4v) is 4.45. The summed E-state index contributed by atoms with van der Waals surface area (Å²) in [6.07, 6.45) is 1.12. The topological polar surface area (TPSA) is 80.3 Å². The van der Waals surface area contributed by atoms with Gasteiger partial charge in [0.25, 0.3) is 0 Å². The van der Waals surface area contributed by atoms with Crippen LogP contribution in [0.4, 0.5) is 17.1 Å². The number of methoxy groups -OCH3 is 1. The maximum atomic E-state index is 11.6. The molecule has 0 radical (unpaired) electrons. The van der Waals surface area contributed by atoms with E-state index in [0.29, 0.717) is 11.4 Å². The van der Waals surface area contributed by atoms with Gasteiger partial charge in [0.15, 0.2) is 0 Å². The van der Waals surface area contributed by atoms with Crippen molar-refractivity contribution in [1.82, 2.24) is 4.98 Å². The van der Waals surface area contributed by atoms with E-state index in [4.69, 9.17) is 9.72 Å². The molecular weight excluding hydrogens is 513 g/mol. The summed E-state index contributed by atoms with van der Waals surface area (Å²) in [5, 5.41) is 5.50. The molecule has 0 spiro atoms. The summed E-state index contributed by atoms with van der Waals surface area (Å²) < 4.78 is 32.2. The van der Waals surface area contributed by atoms with E-state index in [1.165, 1.54) is 0 Å². The molecule has 3 aromatic carbocycles. The number of aryl methyl sites for hydroxylation is 1. The number of nitrogens with one attached hydrogen (secondary N) is 2. The summed E-state index contributed by atoms with van der Waals surface area (Å²) >= 11 is 2.28. The third-order valence-corrected chi connectivity index (χ3v) is 6.01. The predicted octanol–water partition coefficient (Wildman–Crippen LogP) is 5.42. The van der Waals surface area contributed by atoms with Gasteiger partial charge in [0.05, 0.1) is 41.5 Å². The number of benzene rings is 3. The smallest absolute Gasteiger partial charge is 0.229 e. The number of nitrogens with zero attached hydrogens (tertiary/aromatic N) is 1. The fourth-order valence-electron chi connectivity index (χ4n) is 3.42. The fraction of sp³-hybridized carbons (Fsp3) is 0.136. The van der Waals surface area contributed by atoms with Crippen molar-refractivity contribution in [1.29, 1.82) is 0 Å². The quantitative estimate of drug-likeness (QED) is 0.265. The van der Waals surface area contributed by atoms with Crippen molar-refractivity contribution in [2.75, 3.05) is 23.4 Å². The van der Waals surface area contributed by atoms with Gasteiger partial charge in [-0.05, 0) is 65.4 Å². The summed E-state index contributed by atoms with van der Waals surface area (Å²) in [4.78, 5) is 4.88. The number of rotatable bonds is 5. The second-order valence-electron chi connectivity index (χ2n) is 7.03. The molecule has 1 aromatic heterocycles. The lowest BCUT2D eigenvalue weighted by molar-refractivity contribution is 0.417. The Labute approximate surface area is 188 Å². The lowest BCUT2D eigenvalue weighted by Gasteiger charge is -2.17. The van der Waals surface area contributed by atoms with E-state index in [2.05, 4.69) is 44.8 Å². The first-order chi connectivity index (χ1) is 14.2. The van der Waals surface area contributed by atoms with Crippen molar-refractivity contribution >= 4 is 71.5 Å². The van der Waals surface area contributed by atoms with Gasteiger partial charge in [-0.15, -0.1) is 0 Å². The normalized spacial score (nSPS) is 11.6. The molecule has 4 rings (SSSR count). The van der Waals surface area contributed by atoms with Crippen molar-refractivity contribution in [3.05, 3.63) is 63.7 Å². The van der Waals surface area contributed by atoms with Gasteiger partial charge in [-0.2, -0.15) is 0 Å². The Bertz CT molecular complexity index is 1390. The second-order valence-corrected chi connectivity index (χ2v) is 10.0. The van der Waals surface area contributed by atoms with E-state index < -0.39 is 10.0 Å². The predicted molar refractivity (Wildman–Crippen MR) is 131 cm³/mol. The minimum atomic E-state index is -3.38. The van der Waals surface area contributed by atoms with Crippen LogP contribution in [0.5, 0.6) is 5.75 Å². The van der Waals surface area contributed by atoms with Crippen LogP contribution in [0.3, 0.4) is 0 Å². The van der Waals surface area contributed by atoms with E-state index in [1.807, 2.05) is 31.2 Å². The number of anilines is 3. The minimum absolute atomic E-state index is 0.440. The molecule has 30 heavy (non-hydrogen) atoms. The zero-order chi connectivity index (χ0) is 21.5. The van der Waals surface area contributed by atoms with Gasteiger partial charge in [-0.25, -0.2) is 13.4 Å². The number of sulfonamides is 1. The molecule has 6 nitrogen and oxygen atoms in total. The molecule has 0 aliphatic heterocycles.